The molecule has 0 spiro atoms. The van der Waals surface area contributed by atoms with E-state index in [-0.39, 0.29) is 23.3 Å². The molecular formula is C13H18FN3O2. The van der Waals surface area contributed by atoms with E-state index in [0.29, 0.717) is 19.8 Å². The first kappa shape index (κ1) is 13.7. The van der Waals surface area contributed by atoms with Crippen LogP contribution >= 0.6 is 0 Å². The Labute approximate surface area is 111 Å². The summed E-state index contributed by atoms with van der Waals surface area (Å²) in [6.45, 7) is 3.48. The Bertz CT molecular complexity index is 467. The number of halogens is 1. The van der Waals surface area contributed by atoms with Crippen LogP contribution < -0.4 is 5.32 Å². The van der Waals surface area contributed by atoms with Gasteiger partial charge in [0, 0.05) is 19.8 Å². The minimum Gasteiger partial charge on any atom is -0.377 e. The van der Waals surface area contributed by atoms with Crippen LogP contribution in [0.15, 0.2) is 12.3 Å². The molecule has 104 valence electrons. The average Bonchev–Trinajstić information content (AvgIpc) is 2.46. The first-order valence-electron chi connectivity index (χ1n) is 6.40. The first-order chi connectivity index (χ1) is 9.19. The average molecular weight is 267 g/mol. The minimum absolute atomic E-state index is 0.00634. The molecule has 1 atom stereocenters. The molecule has 1 aromatic heterocycles. The van der Waals surface area contributed by atoms with Crippen LogP contribution in [0.5, 0.6) is 0 Å². The molecule has 0 aliphatic carbocycles. The van der Waals surface area contributed by atoms with Crippen molar-refractivity contribution in [2.75, 3.05) is 32.1 Å². The zero-order chi connectivity index (χ0) is 13.8. The molecule has 1 unspecified atom stereocenters. The van der Waals surface area contributed by atoms with Crippen LogP contribution in [0, 0.1) is 5.82 Å². The summed E-state index contributed by atoms with van der Waals surface area (Å²) in [6.07, 6.45) is 2.22. The molecule has 1 saturated heterocycles. The summed E-state index contributed by atoms with van der Waals surface area (Å²) < 4.78 is 19.5. The third-order valence-corrected chi connectivity index (χ3v) is 3.32. The lowest BCUT2D eigenvalue weighted by Crippen LogP contribution is -2.48. The highest BCUT2D eigenvalue weighted by Crippen LogP contribution is 2.19. The predicted molar refractivity (Wildman–Crippen MR) is 69.7 cm³/mol. The number of hydrogen-bond donors (Lipinski definition) is 1. The summed E-state index contributed by atoms with van der Waals surface area (Å²) in [6, 6.07) is 1.42. The second-order valence-electron chi connectivity index (χ2n) is 4.41. The molecule has 1 aliphatic heterocycles. The van der Waals surface area contributed by atoms with Crippen molar-refractivity contribution in [2.45, 2.75) is 19.4 Å². The minimum atomic E-state index is -0.601. The number of hydrogen-bond acceptors (Lipinski definition) is 4. The van der Waals surface area contributed by atoms with E-state index in [1.54, 1.807) is 11.9 Å². The van der Waals surface area contributed by atoms with Gasteiger partial charge in [0.05, 0.1) is 24.8 Å². The third-order valence-electron chi connectivity index (χ3n) is 3.32. The van der Waals surface area contributed by atoms with Crippen LogP contribution in [0.25, 0.3) is 0 Å². The van der Waals surface area contributed by atoms with Crippen molar-refractivity contribution >= 4 is 11.7 Å². The topological polar surface area (TPSA) is 54.5 Å². The lowest BCUT2D eigenvalue weighted by atomic mass is 10.1. The van der Waals surface area contributed by atoms with Gasteiger partial charge in [-0.1, -0.05) is 6.92 Å². The van der Waals surface area contributed by atoms with Gasteiger partial charge in [0.25, 0.3) is 5.91 Å². The fourth-order valence-corrected chi connectivity index (χ4v) is 2.20. The Kier molecular flexibility index (Phi) is 4.31. The highest BCUT2D eigenvalue weighted by molar-refractivity contribution is 5.95. The molecule has 0 aromatic carbocycles. The molecule has 5 nitrogen and oxygen atoms in total. The van der Waals surface area contributed by atoms with Gasteiger partial charge in [-0.15, -0.1) is 0 Å². The van der Waals surface area contributed by atoms with Gasteiger partial charge in [0.1, 0.15) is 0 Å². The van der Waals surface area contributed by atoms with Crippen molar-refractivity contribution in [1.29, 1.82) is 0 Å². The van der Waals surface area contributed by atoms with E-state index in [0.717, 1.165) is 6.42 Å². The Morgan fingerprint density at radius 1 is 1.68 bits per heavy atom. The van der Waals surface area contributed by atoms with Crippen molar-refractivity contribution in [3.63, 3.8) is 0 Å². The number of carbonyl (C=O) groups is 1. The Hall–Kier alpha value is -1.69. The normalized spacial score (nSPS) is 19.3. The highest BCUT2D eigenvalue weighted by Gasteiger charge is 2.29. The van der Waals surface area contributed by atoms with E-state index in [9.17, 15) is 9.18 Å². The van der Waals surface area contributed by atoms with Crippen molar-refractivity contribution in [3.8, 4) is 0 Å². The summed E-state index contributed by atoms with van der Waals surface area (Å²) >= 11 is 0. The van der Waals surface area contributed by atoms with Gasteiger partial charge in [-0.25, -0.2) is 9.37 Å². The Morgan fingerprint density at radius 3 is 3.16 bits per heavy atom. The SMILES string of the molecule is CCC1COCCN1C(=O)c1ccnc(NC)c1F. The van der Waals surface area contributed by atoms with E-state index in [1.165, 1.54) is 12.3 Å². The molecule has 1 amide bonds. The molecule has 1 aromatic rings. The number of nitrogens with zero attached hydrogens (tertiary/aromatic N) is 2. The maximum Gasteiger partial charge on any atom is 0.257 e. The predicted octanol–water partition coefficient (Wildman–Crippen LogP) is 1.51. The number of morpholine rings is 1. The molecule has 0 radical (unpaired) electrons. The number of ether oxygens (including phenoxy) is 1. The molecule has 1 N–H and O–H groups in total. The molecule has 0 bridgehead atoms. The standard InChI is InChI=1S/C13H18FN3O2/c1-3-9-8-19-7-6-17(9)13(18)10-4-5-16-12(15-2)11(10)14/h4-5,9H,3,6-8H2,1-2H3,(H,15,16). The van der Waals surface area contributed by atoms with Crippen molar-refractivity contribution in [1.82, 2.24) is 9.88 Å². The van der Waals surface area contributed by atoms with Crippen LogP contribution in [0.2, 0.25) is 0 Å². The largest absolute Gasteiger partial charge is 0.377 e. The van der Waals surface area contributed by atoms with Crippen LogP contribution in [-0.2, 0) is 4.74 Å². The first-order valence-corrected chi connectivity index (χ1v) is 6.40. The molecule has 2 heterocycles. The van der Waals surface area contributed by atoms with Crippen LogP contribution in [0.3, 0.4) is 0 Å². The van der Waals surface area contributed by atoms with E-state index >= 15 is 0 Å². The van der Waals surface area contributed by atoms with Crippen LogP contribution in [0.1, 0.15) is 23.7 Å². The summed E-state index contributed by atoms with van der Waals surface area (Å²) in [5.41, 5.74) is 0.0553. The summed E-state index contributed by atoms with van der Waals surface area (Å²) in [7, 11) is 1.57. The number of pyridine rings is 1. The molecule has 19 heavy (non-hydrogen) atoms. The lowest BCUT2D eigenvalue weighted by molar-refractivity contribution is -0.00303. The molecule has 6 heteroatoms. The molecule has 1 fully saturated rings. The van der Waals surface area contributed by atoms with Gasteiger partial charge in [0.2, 0.25) is 0 Å². The number of aromatic nitrogens is 1. The van der Waals surface area contributed by atoms with Crippen molar-refractivity contribution < 1.29 is 13.9 Å². The highest BCUT2D eigenvalue weighted by atomic mass is 19.1. The van der Waals surface area contributed by atoms with E-state index in [4.69, 9.17) is 4.74 Å². The number of rotatable bonds is 3. The zero-order valence-electron chi connectivity index (χ0n) is 11.1. The number of carbonyl (C=O) groups excluding carboxylic acids is 1. The Morgan fingerprint density at radius 2 is 2.47 bits per heavy atom. The number of anilines is 1. The van der Waals surface area contributed by atoms with Gasteiger partial charge in [-0.05, 0) is 12.5 Å². The quantitative estimate of drug-likeness (QED) is 0.902. The second-order valence-corrected chi connectivity index (χ2v) is 4.41. The lowest BCUT2D eigenvalue weighted by Gasteiger charge is -2.35. The van der Waals surface area contributed by atoms with Gasteiger partial charge in [0.15, 0.2) is 11.6 Å². The van der Waals surface area contributed by atoms with Gasteiger partial charge in [-0.2, -0.15) is 0 Å². The summed E-state index contributed by atoms with van der Waals surface area (Å²) in [5.74, 6) is -0.810. The molecule has 0 saturated carbocycles. The second kappa shape index (κ2) is 5.97. The van der Waals surface area contributed by atoms with Gasteiger partial charge >= 0.3 is 0 Å². The Balaban J connectivity index is 2.28. The van der Waals surface area contributed by atoms with Gasteiger partial charge in [-0.3, -0.25) is 4.79 Å². The number of amides is 1. The number of nitrogens with one attached hydrogen (secondary N) is 1. The van der Waals surface area contributed by atoms with Crippen LogP contribution in [0.4, 0.5) is 10.2 Å². The fourth-order valence-electron chi connectivity index (χ4n) is 2.20. The summed E-state index contributed by atoms with van der Waals surface area (Å²) in [5, 5.41) is 2.64. The molecular weight excluding hydrogens is 249 g/mol. The molecule has 1 aliphatic rings. The van der Waals surface area contributed by atoms with E-state index < -0.39 is 5.82 Å². The van der Waals surface area contributed by atoms with E-state index in [2.05, 4.69) is 10.3 Å². The van der Waals surface area contributed by atoms with Gasteiger partial charge < -0.3 is 15.0 Å². The summed E-state index contributed by atoms with van der Waals surface area (Å²) in [4.78, 5) is 18.0. The fraction of sp³-hybridized carbons (Fsp3) is 0.538. The molecule has 2 rings (SSSR count). The maximum absolute atomic E-state index is 14.1. The van der Waals surface area contributed by atoms with E-state index in [1.807, 2.05) is 6.92 Å². The smallest absolute Gasteiger partial charge is 0.257 e. The van der Waals surface area contributed by atoms with Crippen molar-refractivity contribution in [2.24, 2.45) is 0 Å². The van der Waals surface area contributed by atoms with Crippen molar-refractivity contribution in [3.05, 3.63) is 23.6 Å². The monoisotopic (exact) mass is 267 g/mol. The zero-order valence-corrected chi connectivity index (χ0v) is 11.1. The van der Waals surface area contributed by atoms with Crippen LogP contribution in [-0.4, -0.2) is 48.6 Å². The third kappa shape index (κ3) is 2.68. The maximum atomic E-state index is 14.1.